The maximum absolute atomic E-state index is 13.4. The molecule has 1 aromatic heterocycles. The number of fused-ring (bicyclic) bond motifs is 1. The molecule has 188 valence electrons. The van der Waals surface area contributed by atoms with Gasteiger partial charge in [-0.1, -0.05) is 11.6 Å². The van der Waals surface area contributed by atoms with E-state index in [2.05, 4.69) is 80.1 Å². The van der Waals surface area contributed by atoms with Crippen molar-refractivity contribution in [2.45, 2.75) is 44.2 Å². The molecular weight excluding hydrogens is 456 g/mol. The summed E-state index contributed by atoms with van der Waals surface area (Å²) in [5, 5.41) is 11.4. The summed E-state index contributed by atoms with van der Waals surface area (Å²) in [4.78, 5) is 17.1. The largest absolute Gasteiger partial charge is 0.372 e. The molecule has 2 atom stereocenters. The predicted octanol–water partition coefficient (Wildman–Crippen LogP) is 3.05. The lowest BCUT2D eigenvalue weighted by molar-refractivity contribution is -0.124. The van der Waals surface area contributed by atoms with Crippen molar-refractivity contribution in [3.05, 3.63) is 53.4 Å². The minimum Gasteiger partial charge on any atom is -0.372 e. The van der Waals surface area contributed by atoms with Crippen LogP contribution in [-0.4, -0.2) is 78.1 Å². The van der Waals surface area contributed by atoms with Gasteiger partial charge in [0.15, 0.2) is 0 Å². The zero-order valence-corrected chi connectivity index (χ0v) is 22.0. The van der Waals surface area contributed by atoms with Crippen LogP contribution < -0.4 is 16.0 Å². The first-order valence-corrected chi connectivity index (χ1v) is 13.6. The molecule has 2 unspecified atom stereocenters. The fraction of sp³-hybridized carbons (Fsp3) is 0.519. The lowest BCUT2D eigenvalue weighted by atomic mass is 9.96. The highest BCUT2D eigenvalue weighted by molar-refractivity contribution is 7.97. The molecule has 2 saturated heterocycles. The highest BCUT2D eigenvalue weighted by Crippen LogP contribution is 2.31. The Morgan fingerprint density at radius 2 is 1.77 bits per heavy atom. The molecule has 7 nitrogen and oxygen atoms in total. The molecule has 2 aliphatic heterocycles. The number of nitrogens with zero attached hydrogens (tertiary/aromatic N) is 3. The zero-order valence-electron chi connectivity index (χ0n) is 21.1. The van der Waals surface area contributed by atoms with Crippen molar-refractivity contribution in [2.75, 3.05) is 52.4 Å². The number of carbonyl (C=O) groups excluding carboxylic acids is 1. The number of hydrogen-bond donors (Lipinski definition) is 3. The van der Waals surface area contributed by atoms with E-state index in [1.54, 1.807) is 0 Å². The van der Waals surface area contributed by atoms with E-state index in [0.717, 1.165) is 64.3 Å². The van der Waals surface area contributed by atoms with Gasteiger partial charge in [-0.15, -0.1) is 0 Å². The van der Waals surface area contributed by atoms with E-state index >= 15 is 0 Å². The molecule has 3 aliphatic rings. The van der Waals surface area contributed by atoms with E-state index in [-0.39, 0.29) is 18.0 Å². The first-order chi connectivity index (χ1) is 17.0. The van der Waals surface area contributed by atoms with Gasteiger partial charge in [0.25, 0.3) is 0 Å². The number of aromatic nitrogens is 1. The molecule has 8 heteroatoms. The number of rotatable bonds is 6. The molecule has 5 rings (SSSR count). The number of nitrogens with one attached hydrogen (secondary N) is 3. The van der Waals surface area contributed by atoms with Gasteiger partial charge in [0, 0.05) is 86.5 Å². The Bertz CT molecular complexity index is 1130. The van der Waals surface area contributed by atoms with Gasteiger partial charge >= 0.3 is 0 Å². The van der Waals surface area contributed by atoms with Crippen molar-refractivity contribution in [1.29, 1.82) is 0 Å². The van der Waals surface area contributed by atoms with Crippen molar-refractivity contribution < 1.29 is 4.79 Å². The van der Waals surface area contributed by atoms with Gasteiger partial charge in [-0.25, -0.2) is 4.31 Å². The van der Waals surface area contributed by atoms with Gasteiger partial charge < -0.3 is 25.4 Å². The first-order valence-electron chi connectivity index (χ1n) is 12.9. The average molecular weight is 495 g/mol. The van der Waals surface area contributed by atoms with E-state index in [1.807, 2.05) is 18.9 Å². The van der Waals surface area contributed by atoms with E-state index in [4.69, 9.17) is 0 Å². The SMILES string of the molecule is CC1=CC=C(N2CCNCC2)CC1NC(=O)C(C)n1cc(C)c2cc(SN3CCNCC3)ccc21. The third-order valence-corrected chi connectivity index (χ3v) is 8.54. The second-order valence-electron chi connectivity index (χ2n) is 9.92. The van der Waals surface area contributed by atoms with Crippen molar-refractivity contribution in [1.82, 2.24) is 29.7 Å². The Labute approximate surface area is 213 Å². The average Bonchev–Trinajstić information content (AvgIpc) is 3.21. The van der Waals surface area contributed by atoms with Gasteiger partial charge in [0.05, 0.1) is 6.04 Å². The number of allylic oxidation sites excluding steroid dienone is 2. The zero-order chi connectivity index (χ0) is 24.4. The molecule has 0 bridgehead atoms. The summed E-state index contributed by atoms with van der Waals surface area (Å²) in [6.45, 7) is 14.5. The molecule has 1 amide bonds. The molecule has 2 fully saturated rings. The molecule has 3 heterocycles. The maximum atomic E-state index is 13.4. The first kappa shape index (κ1) is 24.4. The quantitative estimate of drug-likeness (QED) is 0.537. The lowest BCUT2D eigenvalue weighted by Gasteiger charge is -2.35. The van der Waals surface area contributed by atoms with Crippen LogP contribution in [0.25, 0.3) is 10.9 Å². The number of hydrogen-bond acceptors (Lipinski definition) is 6. The fourth-order valence-corrected chi connectivity index (χ4v) is 6.18. The van der Waals surface area contributed by atoms with Crippen molar-refractivity contribution >= 4 is 28.8 Å². The van der Waals surface area contributed by atoms with E-state index in [1.165, 1.54) is 27.1 Å². The summed E-state index contributed by atoms with van der Waals surface area (Å²) in [5.41, 5.74) is 4.87. The third kappa shape index (κ3) is 5.45. The standard InChI is InChI=1S/C27H38N6OS/c1-19-4-5-22(31-12-8-28-9-13-31)16-25(19)30-27(34)21(3)33-18-20(2)24-17-23(6-7-26(24)33)35-32-14-10-29-11-15-32/h4-7,17-18,21,25,28-29H,8-16H2,1-3H3,(H,30,34). The fourth-order valence-electron chi connectivity index (χ4n) is 5.22. The van der Waals surface area contributed by atoms with Crippen LogP contribution in [0, 0.1) is 6.92 Å². The molecule has 0 radical (unpaired) electrons. The summed E-state index contributed by atoms with van der Waals surface area (Å²) in [6, 6.07) is 6.41. The molecule has 0 saturated carbocycles. The van der Waals surface area contributed by atoms with Gasteiger partial charge in [-0.05, 0) is 62.6 Å². The molecule has 0 spiro atoms. The van der Waals surface area contributed by atoms with Crippen LogP contribution >= 0.6 is 11.9 Å². The summed E-state index contributed by atoms with van der Waals surface area (Å²) in [7, 11) is 0. The molecular formula is C27H38N6OS. The minimum atomic E-state index is -0.279. The van der Waals surface area contributed by atoms with Gasteiger partial charge in [0.1, 0.15) is 6.04 Å². The van der Waals surface area contributed by atoms with Crippen LogP contribution in [0.4, 0.5) is 0 Å². The van der Waals surface area contributed by atoms with Crippen LogP contribution in [0.15, 0.2) is 52.7 Å². The van der Waals surface area contributed by atoms with E-state index in [0.29, 0.717) is 0 Å². The van der Waals surface area contributed by atoms with Crippen LogP contribution in [0.2, 0.25) is 0 Å². The smallest absolute Gasteiger partial charge is 0.243 e. The number of aryl methyl sites for hydroxylation is 1. The lowest BCUT2D eigenvalue weighted by Crippen LogP contribution is -2.46. The summed E-state index contributed by atoms with van der Waals surface area (Å²) < 4.78 is 4.55. The number of amides is 1. The van der Waals surface area contributed by atoms with Crippen LogP contribution in [-0.2, 0) is 4.79 Å². The Morgan fingerprint density at radius 1 is 1.06 bits per heavy atom. The Morgan fingerprint density at radius 3 is 2.51 bits per heavy atom. The second kappa shape index (κ2) is 10.8. The number of piperazine rings is 2. The van der Waals surface area contributed by atoms with Gasteiger partial charge in [-0.3, -0.25) is 4.79 Å². The normalized spacial score (nSPS) is 22.6. The van der Waals surface area contributed by atoms with Crippen molar-refractivity contribution in [3.63, 3.8) is 0 Å². The van der Waals surface area contributed by atoms with E-state index in [9.17, 15) is 4.79 Å². The third-order valence-electron chi connectivity index (χ3n) is 7.45. The van der Waals surface area contributed by atoms with Crippen LogP contribution in [0.3, 0.4) is 0 Å². The molecule has 35 heavy (non-hydrogen) atoms. The molecule has 1 aliphatic carbocycles. The molecule has 3 N–H and O–H groups in total. The highest BCUT2D eigenvalue weighted by Gasteiger charge is 2.26. The van der Waals surface area contributed by atoms with E-state index < -0.39 is 0 Å². The van der Waals surface area contributed by atoms with Crippen molar-refractivity contribution in [3.8, 4) is 0 Å². The second-order valence-corrected chi connectivity index (χ2v) is 11.1. The number of benzene rings is 1. The molecule has 2 aromatic rings. The van der Waals surface area contributed by atoms with Crippen LogP contribution in [0.5, 0.6) is 0 Å². The summed E-state index contributed by atoms with van der Waals surface area (Å²) >= 11 is 1.83. The minimum absolute atomic E-state index is 0.0461. The predicted molar refractivity (Wildman–Crippen MR) is 145 cm³/mol. The van der Waals surface area contributed by atoms with Gasteiger partial charge in [-0.2, -0.15) is 0 Å². The summed E-state index contributed by atoms with van der Waals surface area (Å²) in [6.07, 6.45) is 7.39. The summed E-state index contributed by atoms with van der Waals surface area (Å²) in [5.74, 6) is 0.0699. The Hall–Kier alpha value is -2.26. The number of carbonyl (C=O) groups is 1. The van der Waals surface area contributed by atoms with Crippen molar-refractivity contribution in [2.24, 2.45) is 0 Å². The Kier molecular flexibility index (Phi) is 7.53. The van der Waals surface area contributed by atoms with Crippen LogP contribution in [0.1, 0.15) is 31.9 Å². The van der Waals surface area contributed by atoms with Gasteiger partial charge in [0.2, 0.25) is 5.91 Å². The highest BCUT2D eigenvalue weighted by atomic mass is 32.2. The molecule has 1 aromatic carbocycles. The topological polar surface area (TPSA) is 64.6 Å². The Balaban J connectivity index is 1.27. The maximum Gasteiger partial charge on any atom is 0.243 e. The monoisotopic (exact) mass is 494 g/mol.